The highest BCUT2D eigenvalue weighted by atomic mass is 16.5. The molecule has 3 N–H and O–H groups in total. The zero-order chi connectivity index (χ0) is 19.0. The van der Waals surface area contributed by atoms with Gasteiger partial charge in [-0.05, 0) is 25.5 Å². The van der Waals surface area contributed by atoms with Crippen LogP contribution in [0.3, 0.4) is 0 Å². The number of para-hydroxylation sites is 1. The fraction of sp³-hybridized carbons (Fsp3) is 0.474. The van der Waals surface area contributed by atoms with Crippen LogP contribution in [0.4, 0.5) is 10.5 Å². The first-order valence-electron chi connectivity index (χ1n) is 9.28. The lowest BCUT2D eigenvalue weighted by Gasteiger charge is -2.26. The molecule has 27 heavy (non-hydrogen) atoms. The number of benzene rings is 1. The van der Waals surface area contributed by atoms with Gasteiger partial charge in [0.25, 0.3) is 5.91 Å². The molecule has 1 aromatic heterocycles. The molecule has 3 heterocycles. The fourth-order valence-electron chi connectivity index (χ4n) is 3.66. The van der Waals surface area contributed by atoms with Crippen molar-refractivity contribution >= 4 is 28.6 Å². The lowest BCUT2D eigenvalue weighted by Crippen LogP contribution is -2.43. The van der Waals surface area contributed by atoms with Crippen LogP contribution in [0.15, 0.2) is 28.7 Å². The van der Waals surface area contributed by atoms with Crippen molar-refractivity contribution in [3.63, 3.8) is 0 Å². The molecule has 3 amide bonds. The number of hydrogen-bond acceptors (Lipinski definition) is 5. The smallest absolute Gasteiger partial charge is 0.322 e. The van der Waals surface area contributed by atoms with Crippen molar-refractivity contribution in [3.05, 3.63) is 30.0 Å². The van der Waals surface area contributed by atoms with E-state index in [1.807, 2.05) is 25.1 Å². The van der Waals surface area contributed by atoms with Crippen LogP contribution in [0.1, 0.15) is 23.9 Å². The molecule has 2 aromatic rings. The minimum Gasteiger partial charge on any atom is -0.449 e. The summed E-state index contributed by atoms with van der Waals surface area (Å²) < 4.78 is 11.2. The first-order valence-corrected chi connectivity index (χ1v) is 9.28. The van der Waals surface area contributed by atoms with Crippen LogP contribution in [0.5, 0.6) is 0 Å². The average Bonchev–Trinajstić information content (AvgIpc) is 3.22. The number of furan rings is 1. The highest BCUT2D eigenvalue weighted by Gasteiger charge is 2.33. The number of carbonyl (C=O) groups excluding carboxylic acids is 2. The third-order valence-corrected chi connectivity index (χ3v) is 5.40. The number of amides is 3. The number of nitrogens with one attached hydrogen (secondary N) is 1. The van der Waals surface area contributed by atoms with Gasteiger partial charge in [0.1, 0.15) is 11.3 Å². The molecular formula is C19H24N4O4. The number of rotatable bonds is 2. The van der Waals surface area contributed by atoms with Gasteiger partial charge in [-0.1, -0.05) is 12.1 Å². The molecule has 2 saturated heterocycles. The zero-order valence-electron chi connectivity index (χ0n) is 15.3. The van der Waals surface area contributed by atoms with Gasteiger partial charge in [0, 0.05) is 37.1 Å². The van der Waals surface area contributed by atoms with Crippen molar-refractivity contribution in [1.29, 1.82) is 0 Å². The Labute approximate surface area is 157 Å². The predicted octanol–water partition coefficient (Wildman–Crippen LogP) is 1.86. The highest BCUT2D eigenvalue weighted by Crippen LogP contribution is 2.32. The summed E-state index contributed by atoms with van der Waals surface area (Å²) in [5.74, 6) is -0.0847. The van der Waals surface area contributed by atoms with E-state index in [2.05, 4.69) is 5.32 Å². The molecule has 0 saturated carbocycles. The summed E-state index contributed by atoms with van der Waals surface area (Å²) in [7, 11) is 0. The summed E-state index contributed by atoms with van der Waals surface area (Å²) in [5.41, 5.74) is 7.02. The molecule has 0 aliphatic carbocycles. The predicted molar refractivity (Wildman–Crippen MR) is 101 cm³/mol. The van der Waals surface area contributed by atoms with Crippen LogP contribution in [0.2, 0.25) is 0 Å². The normalized spacial score (nSPS) is 23.0. The van der Waals surface area contributed by atoms with Crippen LogP contribution in [-0.2, 0) is 4.74 Å². The lowest BCUT2D eigenvalue weighted by molar-refractivity contribution is 0.0285. The second kappa shape index (κ2) is 7.21. The minimum atomic E-state index is -0.266. The maximum atomic E-state index is 13.0. The molecule has 0 unspecified atom stereocenters. The summed E-state index contributed by atoms with van der Waals surface area (Å²) in [6.07, 6.45) is 0.764. The quantitative estimate of drug-likeness (QED) is 0.838. The molecule has 1 aromatic carbocycles. The van der Waals surface area contributed by atoms with E-state index in [0.717, 1.165) is 6.42 Å². The number of morpholine rings is 1. The highest BCUT2D eigenvalue weighted by molar-refractivity contribution is 6.10. The van der Waals surface area contributed by atoms with Crippen LogP contribution < -0.4 is 11.1 Å². The van der Waals surface area contributed by atoms with Crippen molar-refractivity contribution in [2.24, 2.45) is 5.73 Å². The second-order valence-corrected chi connectivity index (χ2v) is 7.02. The fourth-order valence-corrected chi connectivity index (χ4v) is 3.66. The minimum absolute atomic E-state index is 0.0358. The number of nitrogens with two attached hydrogens (primary N) is 1. The van der Waals surface area contributed by atoms with Gasteiger partial charge in [-0.15, -0.1) is 0 Å². The Bertz CT molecular complexity index is 859. The van der Waals surface area contributed by atoms with Crippen LogP contribution in [-0.4, -0.2) is 66.7 Å². The molecule has 8 nitrogen and oxygen atoms in total. The number of hydrogen-bond donors (Lipinski definition) is 2. The molecule has 2 fully saturated rings. The Morgan fingerprint density at radius 3 is 2.63 bits per heavy atom. The van der Waals surface area contributed by atoms with Crippen molar-refractivity contribution in [2.45, 2.75) is 25.4 Å². The maximum absolute atomic E-state index is 13.0. The first-order chi connectivity index (χ1) is 13.1. The van der Waals surface area contributed by atoms with E-state index >= 15 is 0 Å². The SMILES string of the molecule is C[C@H]1[C@@H](N)CCN1C(=O)Nc1c(C(=O)N2CCOCC2)oc2ccccc12. The topological polar surface area (TPSA) is 101 Å². The molecule has 2 aliphatic heterocycles. The number of fused-ring (bicyclic) bond motifs is 1. The molecule has 4 rings (SSSR count). The lowest BCUT2D eigenvalue weighted by atomic mass is 10.2. The van der Waals surface area contributed by atoms with E-state index in [1.54, 1.807) is 15.9 Å². The van der Waals surface area contributed by atoms with Gasteiger partial charge in [-0.3, -0.25) is 4.79 Å². The molecule has 2 atom stereocenters. The number of nitrogens with zero attached hydrogens (tertiary/aromatic N) is 2. The van der Waals surface area contributed by atoms with Gasteiger partial charge in [0.2, 0.25) is 5.76 Å². The summed E-state index contributed by atoms with van der Waals surface area (Å²) in [6, 6.07) is 6.96. The summed E-state index contributed by atoms with van der Waals surface area (Å²) in [5, 5.41) is 3.61. The van der Waals surface area contributed by atoms with E-state index in [4.69, 9.17) is 14.9 Å². The van der Waals surface area contributed by atoms with Gasteiger partial charge in [0.05, 0.1) is 13.2 Å². The molecule has 2 aliphatic rings. The summed E-state index contributed by atoms with van der Waals surface area (Å²) in [4.78, 5) is 29.2. The average molecular weight is 372 g/mol. The third kappa shape index (κ3) is 3.26. The van der Waals surface area contributed by atoms with E-state index < -0.39 is 0 Å². The summed E-state index contributed by atoms with van der Waals surface area (Å²) >= 11 is 0. The van der Waals surface area contributed by atoms with Crippen molar-refractivity contribution in [2.75, 3.05) is 38.2 Å². The Morgan fingerprint density at radius 2 is 1.93 bits per heavy atom. The van der Waals surface area contributed by atoms with E-state index in [1.165, 1.54) is 0 Å². The second-order valence-electron chi connectivity index (χ2n) is 7.02. The molecular weight excluding hydrogens is 348 g/mol. The van der Waals surface area contributed by atoms with E-state index in [0.29, 0.717) is 49.5 Å². The van der Waals surface area contributed by atoms with Gasteiger partial charge >= 0.3 is 6.03 Å². The number of ether oxygens (including phenoxy) is 1. The molecule has 0 radical (unpaired) electrons. The van der Waals surface area contributed by atoms with Crippen molar-refractivity contribution in [1.82, 2.24) is 9.80 Å². The van der Waals surface area contributed by atoms with Gasteiger partial charge < -0.3 is 30.0 Å². The van der Waals surface area contributed by atoms with Crippen LogP contribution in [0, 0.1) is 0 Å². The summed E-state index contributed by atoms with van der Waals surface area (Å²) in [6.45, 7) is 4.53. The van der Waals surface area contributed by atoms with E-state index in [9.17, 15) is 9.59 Å². The molecule has 144 valence electrons. The Morgan fingerprint density at radius 1 is 1.19 bits per heavy atom. The zero-order valence-corrected chi connectivity index (χ0v) is 15.3. The van der Waals surface area contributed by atoms with Crippen LogP contribution >= 0.6 is 0 Å². The number of carbonyl (C=O) groups is 2. The third-order valence-electron chi connectivity index (χ3n) is 5.40. The van der Waals surface area contributed by atoms with E-state index in [-0.39, 0.29) is 29.8 Å². The first kappa shape index (κ1) is 17.8. The van der Waals surface area contributed by atoms with Crippen molar-refractivity contribution in [3.8, 4) is 0 Å². The van der Waals surface area contributed by atoms with Crippen LogP contribution in [0.25, 0.3) is 11.0 Å². The molecule has 0 spiro atoms. The number of likely N-dealkylation sites (tertiary alicyclic amines) is 1. The monoisotopic (exact) mass is 372 g/mol. The Balaban J connectivity index is 1.66. The molecule has 0 bridgehead atoms. The van der Waals surface area contributed by atoms with Gasteiger partial charge in [-0.2, -0.15) is 0 Å². The van der Waals surface area contributed by atoms with Gasteiger partial charge in [0.15, 0.2) is 0 Å². The van der Waals surface area contributed by atoms with Gasteiger partial charge in [-0.25, -0.2) is 4.79 Å². The number of anilines is 1. The van der Waals surface area contributed by atoms with Crippen molar-refractivity contribution < 1.29 is 18.7 Å². The standard InChI is InChI=1S/C19H24N4O4/c1-12-14(20)6-7-23(12)19(25)21-16-13-4-2-3-5-15(13)27-17(16)18(24)22-8-10-26-11-9-22/h2-5,12,14H,6-11,20H2,1H3,(H,21,25)/t12-,14-/m0/s1. The number of urea groups is 1. The molecule has 8 heteroatoms. The Hall–Kier alpha value is -2.58. The maximum Gasteiger partial charge on any atom is 0.322 e. The largest absolute Gasteiger partial charge is 0.449 e. The Kier molecular flexibility index (Phi) is 4.75.